The summed E-state index contributed by atoms with van der Waals surface area (Å²) in [5.74, 6) is 5.13. The molecule has 0 radical (unpaired) electrons. The van der Waals surface area contributed by atoms with Crippen LogP contribution in [0.1, 0.15) is 135 Å². The molecule has 20 nitrogen and oxygen atoms in total. The van der Waals surface area contributed by atoms with Gasteiger partial charge >= 0.3 is 0 Å². The first-order valence-electron chi connectivity index (χ1n) is 36.2. The van der Waals surface area contributed by atoms with Gasteiger partial charge in [0.25, 0.3) is 0 Å². The van der Waals surface area contributed by atoms with Crippen molar-refractivity contribution in [3.63, 3.8) is 0 Å². The number of unbranched alkanes of at least 4 members (excludes halogenated alkanes) is 2. The predicted molar refractivity (Wildman–Crippen MR) is 360 cm³/mol. The van der Waals surface area contributed by atoms with Crippen LogP contribution in [0.15, 0.2) is 77.0 Å². The summed E-state index contributed by atoms with van der Waals surface area (Å²) in [5.41, 5.74) is 0. The molecule has 0 N–H and O–H groups in total. The Labute approximate surface area is 565 Å². The first-order chi connectivity index (χ1) is 46.4. The number of fused-ring (bicyclic) bond motifs is 3. The van der Waals surface area contributed by atoms with Gasteiger partial charge in [0, 0.05) is 46.2 Å². The molecular formula is C74H126O20. The van der Waals surface area contributed by atoms with Crippen LogP contribution in [0.25, 0.3) is 0 Å². The molecule has 0 aromatic rings. The third kappa shape index (κ3) is 41.2. The number of rotatable bonds is 48. The molecule has 6 heterocycles. The van der Waals surface area contributed by atoms with Crippen molar-refractivity contribution in [2.24, 2.45) is 41.4 Å². The van der Waals surface area contributed by atoms with Crippen LogP contribution in [0, 0.1) is 41.4 Å². The van der Waals surface area contributed by atoms with Crippen molar-refractivity contribution in [3.05, 3.63) is 77.0 Å². The summed E-state index contributed by atoms with van der Waals surface area (Å²) in [7, 11) is 0. The molecule has 0 aromatic heterocycles. The van der Waals surface area contributed by atoms with Gasteiger partial charge < -0.3 is 94.7 Å². The fourth-order valence-corrected chi connectivity index (χ4v) is 12.4. The molecule has 11 rings (SSSR count). The summed E-state index contributed by atoms with van der Waals surface area (Å²) in [6.07, 6.45) is 39.1. The van der Waals surface area contributed by atoms with Gasteiger partial charge in [-0.1, -0.05) is 39.5 Å². The lowest BCUT2D eigenvalue weighted by molar-refractivity contribution is 0.0168. The molecule has 12 unspecified atom stereocenters. The number of hydrogen-bond acceptors (Lipinski definition) is 20. The second kappa shape index (κ2) is 51.8. The largest absolute Gasteiger partial charge is 0.502 e. The maximum Gasteiger partial charge on any atom is 0.111 e. The molecule has 20 heteroatoms. The van der Waals surface area contributed by atoms with Gasteiger partial charge in [-0.3, -0.25) is 0 Å². The van der Waals surface area contributed by atoms with E-state index in [9.17, 15) is 0 Å². The van der Waals surface area contributed by atoms with Crippen LogP contribution >= 0.6 is 0 Å². The standard InChI is InChI=1S/C17H28O3.C13H22O4.2C13H22O3.C9H16O4.C9H16O3/c1-2-18-10-13-3-5-14(6-4-13)11-19-12-15-7-8-16-17(9-15)20-16;1-2-14-5-6-15-7-8-16-10-11-3-4-12-13(9-11)17-12;1-2-14-7-11-3-5-12(6-4-11)8-15-9-13-10-16-13;1-2-14-7-3-4-8-15-10-11-5-6-12-13(9-11)16-12;1-2-10-3-4-11-5-6-12-7-9-8-13-9;1-2-10-5-3-4-6-11-7-9-8-12-9/h2,13-17H,1,3-12H2;2,11-13H,1,3-10H2;2*2,11-13H,1,3-10H2;2,9H,1,3-8H2;2,9H,1,3-8H2. The third-order valence-corrected chi connectivity index (χ3v) is 18.6. The lowest BCUT2D eigenvalue weighted by Gasteiger charge is -2.28. The highest BCUT2D eigenvalue weighted by Crippen LogP contribution is 2.41. The van der Waals surface area contributed by atoms with E-state index in [-0.39, 0.29) is 0 Å². The van der Waals surface area contributed by atoms with Crippen LogP contribution in [0.4, 0.5) is 0 Å². The minimum atomic E-state index is 0.337. The van der Waals surface area contributed by atoms with Crippen molar-refractivity contribution < 1.29 is 94.7 Å². The fraction of sp³-hybridized carbons (Fsp3) is 0.838. The zero-order chi connectivity index (χ0) is 66.1. The van der Waals surface area contributed by atoms with Gasteiger partial charge in [-0.15, -0.1) is 0 Å². The van der Waals surface area contributed by atoms with Crippen molar-refractivity contribution in [2.45, 2.75) is 190 Å². The Hall–Kier alpha value is -3.32. The Kier molecular flexibility index (Phi) is 43.9. The molecule has 12 atom stereocenters. The summed E-state index contributed by atoms with van der Waals surface area (Å²) in [6.45, 7) is 40.1. The molecule has 0 amide bonds. The van der Waals surface area contributed by atoms with E-state index < -0.39 is 0 Å². The summed E-state index contributed by atoms with van der Waals surface area (Å²) in [4.78, 5) is 0. The molecule has 542 valence electrons. The SMILES string of the molecule is C=COCC1CCC(COCC2CCC3OC3C2)CC1.C=COCC1CCC(COCC2CO2)CC1.C=COCCCCOCC1CCC2OC2C1.C=COCCCCOCC1CO1.C=COCCOCCOCC1CCC2OC2C1.C=COCCOCCOCC1CO1. The second-order valence-electron chi connectivity index (χ2n) is 26.5. The molecular weight excluding hydrogens is 1210 g/mol. The minimum absolute atomic E-state index is 0.337. The molecule has 94 heavy (non-hydrogen) atoms. The Morgan fingerprint density at radius 3 is 0.851 bits per heavy atom. The maximum atomic E-state index is 5.99. The monoisotopic (exact) mass is 1330 g/mol. The van der Waals surface area contributed by atoms with E-state index in [1.54, 1.807) is 12.5 Å². The lowest BCUT2D eigenvalue weighted by Crippen LogP contribution is -2.23. The van der Waals surface area contributed by atoms with Gasteiger partial charge in [0.2, 0.25) is 0 Å². The van der Waals surface area contributed by atoms with E-state index in [2.05, 4.69) is 39.5 Å². The highest BCUT2D eigenvalue weighted by Gasteiger charge is 2.45. The van der Waals surface area contributed by atoms with Gasteiger partial charge in [0.15, 0.2) is 0 Å². The van der Waals surface area contributed by atoms with Crippen LogP contribution in [-0.4, -0.2) is 220 Å². The molecule has 5 aliphatic carbocycles. The maximum absolute atomic E-state index is 5.99. The van der Waals surface area contributed by atoms with Crippen LogP contribution in [0.5, 0.6) is 0 Å². The van der Waals surface area contributed by atoms with E-state index in [0.717, 1.165) is 167 Å². The number of epoxide rings is 6. The Morgan fingerprint density at radius 2 is 0.489 bits per heavy atom. The topological polar surface area (TPSA) is 204 Å². The summed E-state index contributed by atoms with van der Waals surface area (Å²) in [5, 5.41) is 0. The van der Waals surface area contributed by atoms with Gasteiger partial charge in [-0.2, -0.15) is 0 Å². The number of hydrogen-bond donors (Lipinski definition) is 0. The van der Waals surface area contributed by atoms with E-state index in [1.807, 2.05) is 0 Å². The predicted octanol–water partition coefficient (Wildman–Crippen LogP) is 12.1. The minimum Gasteiger partial charge on any atom is -0.502 e. The van der Waals surface area contributed by atoms with Crippen molar-refractivity contribution >= 4 is 0 Å². The molecule has 0 bridgehead atoms. The Bertz CT molecular complexity index is 1890. The van der Waals surface area contributed by atoms with Gasteiger partial charge in [0.1, 0.15) is 31.5 Å². The smallest absolute Gasteiger partial charge is 0.111 e. The first kappa shape index (κ1) is 79.7. The van der Waals surface area contributed by atoms with Crippen molar-refractivity contribution in [1.29, 1.82) is 0 Å². The van der Waals surface area contributed by atoms with E-state index >= 15 is 0 Å². The zero-order valence-corrected chi connectivity index (χ0v) is 57.6. The molecule has 11 aliphatic rings. The Morgan fingerprint density at radius 1 is 0.234 bits per heavy atom. The number of ether oxygens (including phenoxy) is 20. The van der Waals surface area contributed by atoms with Gasteiger partial charge in [0.05, 0.1) is 180 Å². The quantitative estimate of drug-likeness (QED) is 0.0315. The Balaban J connectivity index is 0.000000180. The molecule has 6 aliphatic heterocycles. The van der Waals surface area contributed by atoms with Gasteiger partial charge in [-0.25, -0.2) is 0 Å². The van der Waals surface area contributed by atoms with E-state index in [4.69, 9.17) is 94.7 Å². The highest BCUT2D eigenvalue weighted by molar-refractivity contribution is 4.93. The highest BCUT2D eigenvalue weighted by atomic mass is 16.6. The molecule has 11 fully saturated rings. The van der Waals surface area contributed by atoms with Crippen LogP contribution in [0.3, 0.4) is 0 Å². The fourth-order valence-electron chi connectivity index (χ4n) is 12.4. The first-order valence-corrected chi connectivity index (χ1v) is 36.2. The average molecular weight is 1340 g/mol. The molecule has 6 saturated heterocycles. The second-order valence-corrected chi connectivity index (χ2v) is 26.5. The van der Waals surface area contributed by atoms with E-state index in [0.29, 0.717) is 120 Å². The van der Waals surface area contributed by atoms with Crippen molar-refractivity contribution in [3.8, 4) is 0 Å². The van der Waals surface area contributed by atoms with Crippen LogP contribution in [0.2, 0.25) is 0 Å². The van der Waals surface area contributed by atoms with Crippen LogP contribution in [-0.2, 0) is 94.7 Å². The zero-order valence-electron chi connectivity index (χ0n) is 57.6. The third-order valence-electron chi connectivity index (χ3n) is 18.6. The van der Waals surface area contributed by atoms with Crippen molar-refractivity contribution in [2.75, 3.05) is 165 Å². The average Bonchev–Trinajstić information content (AvgIpc) is 1.85. The normalized spacial score (nSPS) is 30.5. The summed E-state index contributed by atoms with van der Waals surface area (Å²) in [6, 6.07) is 0. The summed E-state index contributed by atoms with van der Waals surface area (Å²) < 4.78 is 106. The molecule has 0 spiro atoms. The van der Waals surface area contributed by atoms with Gasteiger partial charge in [-0.05, 0) is 176 Å². The molecule has 5 saturated carbocycles. The van der Waals surface area contributed by atoms with Crippen LogP contribution < -0.4 is 0 Å². The summed E-state index contributed by atoms with van der Waals surface area (Å²) >= 11 is 0. The van der Waals surface area contributed by atoms with Crippen molar-refractivity contribution in [1.82, 2.24) is 0 Å². The molecule has 0 aromatic carbocycles. The van der Waals surface area contributed by atoms with E-state index in [1.165, 1.54) is 134 Å². The lowest BCUT2D eigenvalue weighted by atomic mass is 9.83.